The molecule has 1 heterocycles. The van der Waals surface area contributed by atoms with Crippen molar-refractivity contribution in [3.8, 4) is 0 Å². The summed E-state index contributed by atoms with van der Waals surface area (Å²) in [6, 6.07) is 0.955. The van der Waals surface area contributed by atoms with Crippen molar-refractivity contribution in [3.05, 3.63) is 0 Å². The summed E-state index contributed by atoms with van der Waals surface area (Å²) in [6.07, 6.45) is 5.60. The van der Waals surface area contributed by atoms with E-state index in [-0.39, 0.29) is 6.09 Å². The van der Waals surface area contributed by atoms with Crippen molar-refractivity contribution in [3.63, 3.8) is 0 Å². The van der Waals surface area contributed by atoms with Gasteiger partial charge in [0.15, 0.2) is 0 Å². The van der Waals surface area contributed by atoms with E-state index in [9.17, 15) is 4.79 Å². The molecule has 128 valence electrons. The Morgan fingerprint density at radius 1 is 1.23 bits per heavy atom. The second-order valence-electron chi connectivity index (χ2n) is 7.66. The molecule has 22 heavy (non-hydrogen) atoms. The van der Waals surface area contributed by atoms with Gasteiger partial charge in [0.25, 0.3) is 0 Å². The first-order valence-corrected chi connectivity index (χ1v) is 8.62. The number of methoxy groups -OCH3 is 1. The fraction of sp³-hybridized carbons (Fsp3) is 0.941. The number of carbonyl (C=O) groups excluding carboxylic acids is 1. The van der Waals surface area contributed by atoms with E-state index in [0.29, 0.717) is 12.1 Å². The Bertz CT molecular complexity index is 363. The number of ether oxygens (including phenoxy) is 2. The third-order valence-electron chi connectivity index (χ3n) is 4.37. The normalized spacial score (nSPS) is 24.7. The summed E-state index contributed by atoms with van der Waals surface area (Å²) in [4.78, 5) is 14.0. The smallest absolute Gasteiger partial charge is 0.410 e. The molecule has 0 spiro atoms. The molecule has 5 nitrogen and oxygen atoms in total. The van der Waals surface area contributed by atoms with Gasteiger partial charge in [-0.3, -0.25) is 0 Å². The van der Waals surface area contributed by atoms with E-state index in [1.165, 1.54) is 12.8 Å². The molecule has 0 aromatic carbocycles. The van der Waals surface area contributed by atoms with E-state index in [0.717, 1.165) is 44.9 Å². The molecular weight excluding hydrogens is 280 g/mol. The molecule has 1 saturated carbocycles. The molecule has 0 aromatic heterocycles. The van der Waals surface area contributed by atoms with Crippen LogP contribution in [0.25, 0.3) is 0 Å². The van der Waals surface area contributed by atoms with E-state index in [1.54, 1.807) is 7.11 Å². The molecule has 2 aliphatic rings. The van der Waals surface area contributed by atoms with Crippen molar-refractivity contribution in [2.24, 2.45) is 5.92 Å². The van der Waals surface area contributed by atoms with Crippen LogP contribution < -0.4 is 5.32 Å². The maximum atomic E-state index is 12.2. The summed E-state index contributed by atoms with van der Waals surface area (Å²) in [5.74, 6) is 0.783. The monoisotopic (exact) mass is 312 g/mol. The first kappa shape index (κ1) is 17.5. The van der Waals surface area contributed by atoms with E-state index in [1.807, 2.05) is 25.7 Å². The minimum absolute atomic E-state index is 0.177. The molecule has 2 unspecified atom stereocenters. The van der Waals surface area contributed by atoms with Gasteiger partial charge in [-0.05, 0) is 58.8 Å². The van der Waals surface area contributed by atoms with Crippen LogP contribution in [0.5, 0.6) is 0 Å². The molecule has 1 aliphatic heterocycles. The van der Waals surface area contributed by atoms with Gasteiger partial charge in [-0.2, -0.15) is 0 Å². The van der Waals surface area contributed by atoms with Crippen LogP contribution in [0, 0.1) is 5.92 Å². The number of hydrogen-bond donors (Lipinski definition) is 1. The molecule has 2 rings (SSSR count). The van der Waals surface area contributed by atoms with Gasteiger partial charge < -0.3 is 19.7 Å². The van der Waals surface area contributed by atoms with Crippen LogP contribution in [0.4, 0.5) is 4.79 Å². The number of nitrogens with zero attached hydrogens (tertiary/aromatic N) is 1. The van der Waals surface area contributed by atoms with Crippen molar-refractivity contribution in [2.45, 2.75) is 70.6 Å². The summed E-state index contributed by atoms with van der Waals surface area (Å²) in [5, 5.41) is 3.76. The molecular formula is C17H32N2O3. The minimum atomic E-state index is -0.420. The molecule has 0 aromatic rings. The minimum Gasteiger partial charge on any atom is -0.444 e. The van der Waals surface area contributed by atoms with Gasteiger partial charge in [-0.15, -0.1) is 0 Å². The Kier molecular flexibility index (Phi) is 6.09. The number of amides is 1. The van der Waals surface area contributed by atoms with Crippen molar-refractivity contribution in [1.29, 1.82) is 0 Å². The molecule has 1 aliphatic carbocycles. The van der Waals surface area contributed by atoms with Gasteiger partial charge >= 0.3 is 6.09 Å². The summed E-state index contributed by atoms with van der Waals surface area (Å²) in [6.45, 7) is 8.10. The maximum Gasteiger partial charge on any atom is 0.410 e. The lowest BCUT2D eigenvalue weighted by molar-refractivity contribution is 0.0255. The highest BCUT2D eigenvalue weighted by molar-refractivity contribution is 5.68. The van der Waals surface area contributed by atoms with Crippen LogP contribution in [-0.4, -0.2) is 55.5 Å². The lowest BCUT2D eigenvalue weighted by atomic mass is 10.1. The number of nitrogens with one attached hydrogen (secondary N) is 1. The number of likely N-dealkylation sites (tertiary alicyclic amines) is 1. The van der Waals surface area contributed by atoms with Gasteiger partial charge in [0.05, 0.1) is 6.61 Å². The summed E-state index contributed by atoms with van der Waals surface area (Å²) < 4.78 is 10.8. The predicted molar refractivity (Wildman–Crippen MR) is 87.0 cm³/mol. The van der Waals surface area contributed by atoms with Crippen LogP contribution >= 0.6 is 0 Å². The van der Waals surface area contributed by atoms with Crippen molar-refractivity contribution in [2.75, 3.05) is 26.8 Å². The van der Waals surface area contributed by atoms with Gasteiger partial charge in [0.1, 0.15) is 5.60 Å². The number of rotatable bonds is 5. The first-order valence-electron chi connectivity index (χ1n) is 8.62. The molecule has 1 amide bonds. The lowest BCUT2D eigenvalue weighted by Gasteiger charge is -2.27. The number of hydrogen-bond acceptors (Lipinski definition) is 4. The van der Waals surface area contributed by atoms with Crippen LogP contribution in [0.2, 0.25) is 0 Å². The maximum absolute atomic E-state index is 12.2. The highest BCUT2D eigenvalue weighted by Crippen LogP contribution is 2.33. The lowest BCUT2D eigenvalue weighted by Crippen LogP contribution is -2.43. The highest BCUT2D eigenvalue weighted by atomic mass is 16.6. The average Bonchev–Trinajstić information content (AvgIpc) is 3.24. The average molecular weight is 312 g/mol. The summed E-state index contributed by atoms with van der Waals surface area (Å²) in [7, 11) is 1.77. The quantitative estimate of drug-likeness (QED) is 0.848. The van der Waals surface area contributed by atoms with Crippen molar-refractivity contribution >= 4 is 6.09 Å². The Balaban J connectivity index is 1.80. The molecule has 0 radical (unpaired) electrons. The fourth-order valence-electron chi connectivity index (χ4n) is 3.07. The third kappa shape index (κ3) is 5.76. The highest BCUT2D eigenvalue weighted by Gasteiger charge is 2.33. The molecule has 1 N–H and O–H groups in total. The van der Waals surface area contributed by atoms with E-state index in [4.69, 9.17) is 9.47 Å². The second-order valence-corrected chi connectivity index (χ2v) is 7.66. The van der Waals surface area contributed by atoms with E-state index in [2.05, 4.69) is 5.32 Å². The van der Waals surface area contributed by atoms with Crippen LogP contribution in [0.15, 0.2) is 0 Å². The van der Waals surface area contributed by atoms with Gasteiger partial charge in [-0.25, -0.2) is 4.79 Å². The molecule has 2 atom stereocenters. The second kappa shape index (κ2) is 7.64. The largest absolute Gasteiger partial charge is 0.444 e. The molecule has 1 saturated heterocycles. The standard InChI is InChI=1S/C17H32N2O3/c1-17(2,3)22-16(20)19-10-5-6-14(9-11-19)18-15(12-21-4)13-7-8-13/h13-15,18H,5-12H2,1-4H3. The van der Waals surface area contributed by atoms with Gasteiger partial charge in [0, 0.05) is 32.3 Å². The first-order chi connectivity index (χ1) is 10.4. The zero-order chi connectivity index (χ0) is 16.2. The third-order valence-corrected chi connectivity index (χ3v) is 4.37. The van der Waals surface area contributed by atoms with Crippen LogP contribution in [0.1, 0.15) is 52.9 Å². The van der Waals surface area contributed by atoms with Gasteiger partial charge in [-0.1, -0.05) is 0 Å². The zero-order valence-corrected chi connectivity index (χ0v) is 14.6. The SMILES string of the molecule is COCC(NC1CCCN(C(=O)OC(C)(C)C)CC1)C1CC1. The topological polar surface area (TPSA) is 50.8 Å². The fourth-order valence-corrected chi connectivity index (χ4v) is 3.07. The Hall–Kier alpha value is -0.810. The Morgan fingerprint density at radius 2 is 1.95 bits per heavy atom. The summed E-state index contributed by atoms with van der Waals surface area (Å²) in [5.41, 5.74) is -0.420. The van der Waals surface area contributed by atoms with E-state index < -0.39 is 5.60 Å². The van der Waals surface area contributed by atoms with Gasteiger partial charge in [0.2, 0.25) is 0 Å². The van der Waals surface area contributed by atoms with E-state index >= 15 is 0 Å². The Morgan fingerprint density at radius 3 is 2.55 bits per heavy atom. The molecule has 5 heteroatoms. The van der Waals surface area contributed by atoms with Crippen LogP contribution in [0.3, 0.4) is 0 Å². The number of carbonyl (C=O) groups is 1. The van der Waals surface area contributed by atoms with Crippen molar-refractivity contribution in [1.82, 2.24) is 10.2 Å². The van der Waals surface area contributed by atoms with Crippen molar-refractivity contribution < 1.29 is 14.3 Å². The van der Waals surface area contributed by atoms with Crippen LogP contribution in [-0.2, 0) is 9.47 Å². The Labute approximate surface area is 134 Å². The predicted octanol–water partition coefficient (Wildman–Crippen LogP) is 2.79. The molecule has 0 bridgehead atoms. The molecule has 2 fully saturated rings. The summed E-state index contributed by atoms with van der Waals surface area (Å²) >= 11 is 0. The zero-order valence-electron chi connectivity index (χ0n) is 14.6.